The van der Waals surface area contributed by atoms with Crippen molar-refractivity contribution in [2.24, 2.45) is 5.92 Å². The minimum Gasteiger partial charge on any atom is -0.326 e. The van der Waals surface area contributed by atoms with Crippen molar-refractivity contribution in [2.75, 3.05) is 16.9 Å². The third kappa shape index (κ3) is 5.87. The number of amides is 2. The molecule has 0 aliphatic carbocycles. The summed E-state index contributed by atoms with van der Waals surface area (Å²) in [6, 6.07) is 11.1. The summed E-state index contributed by atoms with van der Waals surface area (Å²) in [7, 11) is -3.94. The Balaban J connectivity index is 1.80. The molecular formula is C22H27N3O4S2. The topological polar surface area (TPSA) is 104 Å². The van der Waals surface area contributed by atoms with E-state index < -0.39 is 22.0 Å². The lowest BCUT2D eigenvalue weighted by atomic mass is 10.0. The number of hydrogen-bond acceptors (Lipinski definition) is 5. The third-order valence-electron chi connectivity index (χ3n) is 5.08. The van der Waals surface area contributed by atoms with Crippen LogP contribution >= 0.6 is 11.8 Å². The Morgan fingerprint density at radius 2 is 1.90 bits per heavy atom. The van der Waals surface area contributed by atoms with Crippen LogP contribution in [0.3, 0.4) is 0 Å². The molecule has 0 radical (unpaired) electrons. The number of rotatable bonds is 7. The first kappa shape index (κ1) is 23.3. The van der Waals surface area contributed by atoms with E-state index in [4.69, 9.17) is 0 Å². The van der Waals surface area contributed by atoms with Crippen LogP contribution in [0, 0.1) is 5.92 Å². The van der Waals surface area contributed by atoms with Crippen molar-refractivity contribution in [1.82, 2.24) is 4.72 Å². The van der Waals surface area contributed by atoms with Gasteiger partial charge in [-0.3, -0.25) is 9.59 Å². The summed E-state index contributed by atoms with van der Waals surface area (Å²) in [5.41, 5.74) is 2.02. The summed E-state index contributed by atoms with van der Waals surface area (Å²) in [5.74, 6) is -0.757. The zero-order valence-corrected chi connectivity index (χ0v) is 19.4. The number of sulfonamides is 1. The van der Waals surface area contributed by atoms with Crippen molar-refractivity contribution >= 4 is 45.0 Å². The fraction of sp³-hybridized carbons (Fsp3) is 0.364. The molecule has 166 valence electrons. The Labute approximate surface area is 187 Å². The molecule has 0 saturated heterocycles. The third-order valence-corrected chi connectivity index (χ3v) is 7.24. The van der Waals surface area contributed by atoms with Crippen LogP contribution in [-0.2, 0) is 26.0 Å². The highest BCUT2D eigenvalue weighted by Crippen LogP contribution is 2.26. The van der Waals surface area contributed by atoms with Gasteiger partial charge in [-0.25, -0.2) is 8.42 Å². The molecule has 2 aromatic rings. The van der Waals surface area contributed by atoms with E-state index in [0.717, 1.165) is 10.5 Å². The summed E-state index contributed by atoms with van der Waals surface area (Å²) in [4.78, 5) is 25.7. The lowest BCUT2D eigenvalue weighted by Crippen LogP contribution is -2.47. The maximum absolute atomic E-state index is 13.1. The Hall–Kier alpha value is -2.36. The van der Waals surface area contributed by atoms with E-state index in [2.05, 4.69) is 15.4 Å². The number of fused-ring (bicyclic) bond motifs is 1. The minimum atomic E-state index is -3.94. The summed E-state index contributed by atoms with van der Waals surface area (Å²) >= 11 is 1.56. The van der Waals surface area contributed by atoms with Crippen LogP contribution in [0.4, 0.5) is 11.4 Å². The molecule has 0 bridgehead atoms. The molecule has 0 fully saturated rings. The Kier molecular flexibility index (Phi) is 7.40. The molecule has 0 aromatic heterocycles. The van der Waals surface area contributed by atoms with Gasteiger partial charge in [0.2, 0.25) is 21.8 Å². The first-order chi connectivity index (χ1) is 14.7. The average molecular weight is 462 g/mol. The second-order valence-corrected chi connectivity index (χ2v) is 10.4. The van der Waals surface area contributed by atoms with Gasteiger partial charge in [-0.2, -0.15) is 4.72 Å². The highest BCUT2D eigenvalue weighted by atomic mass is 32.2. The molecule has 7 nitrogen and oxygen atoms in total. The van der Waals surface area contributed by atoms with Gasteiger partial charge in [-0.15, -0.1) is 11.8 Å². The molecule has 0 unspecified atom stereocenters. The molecule has 0 spiro atoms. The second kappa shape index (κ2) is 9.84. The van der Waals surface area contributed by atoms with Crippen molar-refractivity contribution in [3.63, 3.8) is 0 Å². The first-order valence-electron chi connectivity index (χ1n) is 10.1. The Morgan fingerprint density at radius 3 is 2.61 bits per heavy atom. The Morgan fingerprint density at radius 1 is 1.13 bits per heavy atom. The van der Waals surface area contributed by atoms with E-state index in [1.165, 1.54) is 6.07 Å². The smallest absolute Gasteiger partial charge is 0.242 e. The van der Waals surface area contributed by atoms with Gasteiger partial charge in [0.05, 0.1) is 4.90 Å². The van der Waals surface area contributed by atoms with Gasteiger partial charge in [0.1, 0.15) is 6.04 Å². The average Bonchev–Trinajstić information content (AvgIpc) is 2.91. The minimum absolute atomic E-state index is 0.0743. The van der Waals surface area contributed by atoms with Crippen molar-refractivity contribution < 1.29 is 18.0 Å². The fourth-order valence-corrected chi connectivity index (χ4v) is 5.22. The van der Waals surface area contributed by atoms with Gasteiger partial charge < -0.3 is 10.6 Å². The van der Waals surface area contributed by atoms with Crippen molar-refractivity contribution in [1.29, 1.82) is 0 Å². The number of carbonyl (C=O) groups is 2. The lowest BCUT2D eigenvalue weighted by molar-refractivity contribution is -0.118. The predicted octanol–water partition coefficient (Wildman–Crippen LogP) is 3.62. The van der Waals surface area contributed by atoms with E-state index in [-0.39, 0.29) is 16.7 Å². The van der Waals surface area contributed by atoms with Gasteiger partial charge in [-0.1, -0.05) is 19.9 Å². The zero-order valence-electron chi connectivity index (χ0n) is 17.8. The lowest BCUT2D eigenvalue weighted by Gasteiger charge is -2.22. The molecule has 1 aliphatic rings. The van der Waals surface area contributed by atoms with Crippen LogP contribution < -0.4 is 15.4 Å². The molecule has 3 N–H and O–H groups in total. The van der Waals surface area contributed by atoms with E-state index in [1.807, 2.05) is 24.5 Å². The van der Waals surface area contributed by atoms with Crippen LogP contribution in [0.2, 0.25) is 0 Å². The van der Waals surface area contributed by atoms with Crippen molar-refractivity contribution in [3.05, 3.63) is 48.0 Å². The quantitative estimate of drug-likeness (QED) is 0.546. The van der Waals surface area contributed by atoms with E-state index in [1.54, 1.807) is 43.8 Å². The maximum atomic E-state index is 13.1. The molecule has 2 amide bonds. The van der Waals surface area contributed by atoms with Crippen LogP contribution in [0.1, 0.15) is 32.3 Å². The first-order valence-corrected chi connectivity index (χ1v) is 12.8. The number of thioether (sulfide) groups is 1. The summed E-state index contributed by atoms with van der Waals surface area (Å²) in [6.07, 6.45) is 3.61. The van der Waals surface area contributed by atoms with Crippen LogP contribution in [0.5, 0.6) is 0 Å². The van der Waals surface area contributed by atoms with Gasteiger partial charge in [0.15, 0.2) is 0 Å². The number of carbonyl (C=O) groups excluding carboxylic acids is 2. The number of benzene rings is 2. The molecule has 2 aromatic carbocycles. The van der Waals surface area contributed by atoms with Gasteiger partial charge in [0, 0.05) is 22.7 Å². The largest absolute Gasteiger partial charge is 0.326 e. The normalized spacial score (nSPS) is 15.0. The zero-order chi connectivity index (χ0) is 22.6. The van der Waals surface area contributed by atoms with E-state index in [9.17, 15) is 18.0 Å². The molecule has 1 aliphatic heterocycles. The number of aryl methyl sites for hydroxylation is 1. The highest BCUT2D eigenvalue weighted by Gasteiger charge is 2.29. The molecule has 0 saturated carbocycles. The van der Waals surface area contributed by atoms with Crippen molar-refractivity contribution in [3.8, 4) is 0 Å². The number of hydrogen-bond donors (Lipinski definition) is 3. The molecule has 9 heteroatoms. The standard InChI is InChI=1S/C22H27N3O4S2/c1-14(2)21(22(27)23-16-7-5-8-17(13-16)30-3)25-31(28,29)18-10-11-19-15(12-18)6-4-9-20(26)24-19/h5,7-8,10-14,21,25H,4,6,9H2,1-3H3,(H,23,27)(H,24,26)/t21-/m0/s1. The maximum Gasteiger partial charge on any atom is 0.242 e. The predicted molar refractivity (Wildman–Crippen MR) is 124 cm³/mol. The van der Waals surface area contributed by atoms with Crippen LogP contribution in [0.25, 0.3) is 0 Å². The SMILES string of the molecule is CSc1cccc(NC(=O)[C@@H](NS(=O)(=O)c2ccc3c(c2)CCCC(=O)N3)C(C)C)c1. The van der Waals surface area contributed by atoms with Gasteiger partial charge in [0.25, 0.3) is 0 Å². The second-order valence-electron chi connectivity index (χ2n) is 7.78. The molecule has 1 heterocycles. The van der Waals surface area contributed by atoms with E-state index >= 15 is 0 Å². The number of anilines is 2. The summed E-state index contributed by atoms with van der Waals surface area (Å²) in [6.45, 7) is 3.58. The van der Waals surface area contributed by atoms with Crippen LogP contribution in [-0.4, -0.2) is 32.5 Å². The monoisotopic (exact) mass is 461 g/mol. The van der Waals surface area contributed by atoms with Crippen molar-refractivity contribution in [2.45, 2.75) is 48.9 Å². The molecular weight excluding hydrogens is 434 g/mol. The fourth-order valence-electron chi connectivity index (χ4n) is 3.37. The number of nitrogens with one attached hydrogen (secondary N) is 3. The molecule has 1 atom stereocenters. The van der Waals surface area contributed by atoms with E-state index in [0.29, 0.717) is 30.6 Å². The van der Waals surface area contributed by atoms with Gasteiger partial charge >= 0.3 is 0 Å². The van der Waals surface area contributed by atoms with Gasteiger partial charge in [-0.05, 0) is 67.0 Å². The Bertz CT molecular complexity index is 1080. The van der Waals surface area contributed by atoms with Crippen LogP contribution in [0.15, 0.2) is 52.3 Å². The summed E-state index contributed by atoms with van der Waals surface area (Å²) < 4.78 is 28.7. The molecule has 31 heavy (non-hydrogen) atoms. The summed E-state index contributed by atoms with van der Waals surface area (Å²) in [5, 5.41) is 5.60. The molecule has 3 rings (SSSR count). The highest BCUT2D eigenvalue weighted by molar-refractivity contribution is 7.98.